The summed E-state index contributed by atoms with van der Waals surface area (Å²) in [7, 11) is 0. The Morgan fingerprint density at radius 2 is 2.03 bits per heavy atom. The molecule has 0 aliphatic carbocycles. The second-order valence-corrected chi connectivity index (χ2v) is 8.59. The summed E-state index contributed by atoms with van der Waals surface area (Å²) in [6, 6.07) is 6.72. The van der Waals surface area contributed by atoms with Gasteiger partial charge in [-0.25, -0.2) is 9.37 Å². The van der Waals surface area contributed by atoms with E-state index in [9.17, 15) is 9.18 Å². The van der Waals surface area contributed by atoms with Crippen molar-refractivity contribution in [2.45, 2.75) is 18.6 Å². The fourth-order valence-corrected chi connectivity index (χ4v) is 4.43. The Bertz CT molecular complexity index is 984. The lowest BCUT2D eigenvalue weighted by Crippen LogP contribution is -2.49. The highest BCUT2D eigenvalue weighted by atomic mass is 32.2. The minimum absolute atomic E-state index is 0.0121. The zero-order valence-electron chi connectivity index (χ0n) is 15.9. The molecule has 1 aromatic carbocycles. The van der Waals surface area contributed by atoms with Gasteiger partial charge in [-0.15, -0.1) is 21.5 Å². The topological polar surface area (TPSA) is 75.4 Å². The van der Waals surface area contributed by atoms with Crippen molar-refractivity contribution in [1.82, 2.24) is 20.1 Å². The SMILES string of the molecule is Cc1nc(Cc2nnc(SCC(=O)N3CCN(c4ccccc4F)CC3)o2)cs1. The second kappa shape index (κ2) is 8.91. The van der Waals surface area contributed by atoms with Crippen LogP contribution in [0.1, 0.15) is 16.6 Å². The number of anilines is 1. The molecule has 0 atom stereocenters. The fourth-order valence-electron chi connectivity index (χ4n) is 3.13. The van der Waals surface area contributed by atoms with E-state index in [-0.39, 0.29) is 17.5 Å². The van der Waals surface area contributed by atoms with Crippen molar-refractivity contribution in [2.24, 2.45) is 0 Å². The molecule has 0 saturated carbocycles. The Labute approximate surface area is 175 Å². The summed E-state index contributed by atoms with van der Waals surface area (Å²) in [6.45, 7) is 4.28. The van der Waals surface area contributed by atoms with Crippen molar-refractivity contribution in [3.05, 3.63) is 52.1 Å². The van der Waals surface area contributed by atoms with Gasteiger partial charge >= 0.3 is 0 Å². The number of halogens is 1. The molecule has 0 radical (unpaired) electrons. The third kappa shape index (κ3) is 4.94. The summed E-state index contributed by atoms with van der Waals surface area (Å²) in [5, 5.41) is 11.4. The van der Waals surface area contributed by atoms with Gasteiger partial charge in [0.05, 0.1) is 28.6 Å². The lowest BCUT2D eigenvalue weighted by Gasteiger charge is -2.36. The van der Waals surface area contributed by atoms with Crippen LogP contribution in [0.15, 0.2) is 39.3 Å². The minimum atomic E-state index is -0.233. The zero-order chi connectivity index (χ0) is 20.2. The fraction of sp³-hybridized carbons (Fsp3) is 0.368. The maximum absolute atomic E-state index is 13.9. The standard InChI is InChI=1S/C19H20FN5O2S2/c1-13-21-14(11-28-13)10-17-22-23-19(27-17)29-12-18(26)25-8-6-24(7-9-25)16-5-3-2-4-15(16)20/h2-5,11H,6-10,12H2,1H3. The normalized spacial score (nSPS) is 14.4. The molecular weight excluding hydrogens is 413 g/mol. The quantitative estimate of drug-likeness (QED) is 0.553. The molecule has 10 heteroatoms. The van der Waals surface area contributed by atoms with Gasteiger partial charge in [0.25, 0.3) is 5.22 Å². The number of nitrogens with zero attached hydrogens (tertiary/aromatic N) is 5. The number of benzene rings is 1. The van der Waals surface area contributed by atoms with Crippen molar-refractivity contribution in [3.8, 4) is 0 Å². The van der Waals surface area contributed by atoms with Gasteiger partial charge in [0, 0.05) is 31.6 Å². The predicted molar refractivity (Wildman–Crippen MR) is 110 cm³/mol. The van der Waals surface area contributed by atoms with Crippen LogP contribution in [0.25, 0.3) is 0 Å². The maximum atomic E-state index is 13.9. The number of aryl methyl sites for hydroxylation is 1. The molecule has 1 saturated heterocycles. The molecule has 1 amide bonds. The molecule has 3 heterocycles. The first-order valence-corrected chi connectivity index (χ1v) is 11.1. The molecule has 29 heavy (non-hydrogen) atoms. The van der Waals surface area contributed by atoms with E-state index in [2.05, 4.69) is 15.2 Å². The summed E-state index contributed by atoms with van der Waals surface area (Å²) < 4.78 is 19.5. The van der Waals surface area contributed by atoms with Crippen molar-refractivity contribution >= 4 is 34.7 Å². The Hall–Kier alpha value is -2.46. The van der Waals surface area contributed by atoms with Gasteiger partial charge in [0.1, 0.15) is 5.82 Å². The van der Waals surface area contributed by atoms with Gasteiger partial charge in [-0.05, 0) is 19.1 Å². The highest BCUT2D eigenvalue weighted by Gasteiger charge is 2.23. The third-order valence-corrected chi connectivity index (χ3v) is 6.22. The summed E-state index contributed by atoms with van der Waals surface area (Å²) in [5.74, 6) is 0.501. The Balaban J connectivity index is 1.25. The lowest BCUT2D eigenvalue weighted by molar-refractivity contribution is -0.128. The van der Waals surface area contributed by atoms with Crippen LogP contribution in [0.4, 0.5) is 10.1 Å². The number of thioether (sulfide) groups is 1. The molecule has 1 aliphatic heterocycles. The van der Waals surface area contributed by atoms with Gasteiger partial charge in [-0.1, -0.05) is 23.9 Å². The van der Waals surface area contributed by atoms with Crippen LogP contribution >= 0.6 is 23.1 Å². The molecule has 1 fully saturated rings. The van der Waals surface area contributed by atoms with E-state index >= 15 is 0 Å². The van der Waals surface area contributed by atoms with Gasteiger partial charge in [-0.3, -0.25) is 4.79 Å². The number of hydrogen-bond donors (Lipinski definition) is 0. The Morgan fingerprint density at radius 1 is 1.24 bits per heavy atom. The largest absolute Gasteiger partial charge is 0.416 e. The van der Waals surface area contributed by atoms with E-state index in [1.807, 2.05) is 23.3 Å². The molecule has 0 N–H and O–H groups in total. The van der Waals surface area contributed by atoms with Crippen LogP contribution in [0.5, 0.6) is 0 Å². The third-order valence-electron chi connectivity index (χ3n) is 4.59. The zero-order valence-corrected chi connectivity index (χ0v) is 17.5. The van der Waals surface area contributed by atoms with Crippen LogP contribution in [0.3, 0.4) is 0 Å². The number of aromatic nitrogens is 3. The van der Waals surface area contributed by atoms with Crippen LogP contribution < -0.4 is 4.90 Å². The summed E-state index contributed by atoms with van der Waals surface area (Å²) in [4.78, 5) is 20.6. The molecule has 0 bridgehead atoms. The monoisotopic (exact) mass is 433 g/mol. The van der Waals surface area contributed by atoms with E-state index < -0.39 is 0 Å². The Morgan fingerprint density at radius 3 is 2.76 bits per heavy atom. The summed E-state index contributed by atoms with van der Waals surface area (Å²) >= 11 is 2.81. The summed E-state index contributed by atoms with van der Waals surface area (Å²) in [6.07, 6.45) is 0.490. The Kier molecular flexibility index (Phi) is 6.10. The number of hydrogen-bond acceptors (Lipinski definition) is 8. The van der Waals surface area contributed by atoms with Gasteiger partial charge in [-0.2, -0.15) is 0 Å². The minimum Gasteiger partial charge on any atom is -0.416 e. The first-order chi connectivity index (χ1) is 14.1. The first-order valence-electron chi connectivity index (χ1n) is 9.22. The average Bonchev–Trinajstić information content (AvgIpc) is 3.35. The van der Waals surface area contributed by atoms with Crippen LogP contribution in [0, 0.1) is 12.7 Å². The molecule has 152 valence electrons. The predicted octanol–water partition coefficient (Wildman–Crippen LogP) is 3.01. The number of amides is 1. The molecule has 4 rings (SSSR count). The highest BCUT2D eigenvalue weighted by molar-refractivity contribution is 7.99. The lowest BCUT2D eigenvalue weighted by atomic mass is 10.2. The van der Waals surface area contributed by atoms with Crippen molar-refractivity contribution in [1.29, 1.82) is 0 Å². The van der Waals surface area contributed by atoms with Crippen LogP contribution in [0.2, 0.25) is 0 Å². The molecule has 1 aliphatic rings. The van der Waals surface area contributed by atoms with Crippen molar-refractivity contribution < 1.29 is 13.6 Å². The molecule has 0 unspecified atom stereocenters. The van der Waals surface area contributed by atoms with Crippen molar-refractivity contribution in [3.63, 3.8) is 0 Å². The van der Waals surface area contributed by atoms with Crippen LogP contribution in [-0.2, 0) is 11.2 Å². The molecule has 2 aromatic heterocycles. The second-order valence-electron chi connectivity index (χ2n) is 6.60. The number of carbonyl (C=O) groups excluding carboxylic acids is 1. The number of para-hydroxylation sites is 1. The molecule has 7 nitrogen and oxygen atoms in total. The summed E-state index contributed by atoms with van der Waals surface area (Å²) in [5.41, 5.74) is 1.49. The number of rotatable bonds is 6. The first kappa shape index (κ1) is 19.8. The van der Waals surface area contributed by atoms with Crippen LogP contribution in [-0.4, -0.2) is 57.9 Å². The molecular formula is C19H20FN5O2S2. The van der Waals surface area contributed by atoms with Gasteiger partial charge in [0.15, 0.2) is 0 Å². The van der Waals surface area contributed by atoms with Gasteiger partial charge in [0.2, 0.25) is 11.8 Å². The number of carbonyl (C=O) groups is 1. The van der Waals surface area contributed by atoms with E-state index in [4.69, 9.17) is 4.42 Å². The van der Waals surface area contributed by atoms with E-state index in [1.165, 1.54) is 17.8 Å². The smallest absolute Gasteiger partial charge is 0.277 e. The van der Waals surface area contributed by atoms with E-state index in [0.29, 0.717) is 49.4 Å². The van der Waals surface area contributed by atoms with E-state index in [1.54, 1.807) is 28.4 Å². The van der Waals surface area contributed by atoms with Gasteiger partial charge < -0.3 is 14.2 Å². The molecule has 0 spiro atoms. The number of thiazole rings is 1. The maximum Gasteiger partial charge on any atom is 0.277 e. The highest BCUT2D eigenvalue weighted by Crippen LogP contribution is 2.22. The number of piperazine rings is 1. The van der Waals surface area contributed by atoms with Crippen molar-refractivity contribution in [2.75, 3.05) is 36.8 Å². The van der Waals surface area contributed by atoms with E-state index in [0.717, 1.165) is 10.7 Å². The molecule has 3 aromatic rings. The average molecular weight is 434 g/mol.